The molecule has 0 spiro atoms. The summed E-state index contributed by atoms with van der Waals surface area (Å²) in [5.41, 5.74) is 3.32. The number of ether oxygens (including phenoxy) is 3. The van der Waals surface area contributed by atoms with Gasteiger partial charge in [-0.2, -0.15) is 0 Å². The minimum Gasteiger partial charge on any atom is -0.455 e. The number of carbonyl (C=O) groups excluding carboxylic acids is 2. The zero-order valence-electron chi connectivity index (χ0n) is 21.7. The topological polar surface area (TPSA) is 102 Å². The van der Waals surface area contributed by atoms with Crippen LogP contribution in [0.2, 0.25) is 0 Å². The molecule has 0 bridgehead atoms. The highest BCUT2D eigenvalue weighted by Crippen LogP contribution is 2.41. The van der Waals surface area contributed by atoms with Crippen LogP contribution in [-0.2, 0) is 14.2 Å². The van der Waals surface area contributed by atoms with E-state index in [0.29, 0.717) is 67.0 Å². The Morgan fingerprint density at radius 3 is 2.61 bits per heavy atom. The normalized spacial score (nSPS) is 20.1. The van der Waals surface area contributed by atoms with E-state index in [0.717, 1.165) is 11.3 Å². The first kappa shape index (κ1) is 26.0. The Balaban J connectivity index is 1.39. The van der Waals surface area contributed by atoms with Crippen molar-refractivity contribution < 1.29 is 32.6 Å². The van der Waals surface area contributed by atoms with Crippen LogP contribution in [0, 0.1) is 5.82 Å². The lowest BCUT2D eigenvalue weighted by molar-refractivity contribution is -0.00745. The molecule has 2 aliphatic heterocycles. The molecule has 0 radical (unpaired) electrons. The number of amides is 2. The van der Waals surface area contributed by atoms with Gasteiger partial charge in [0.05, 0.1) is 31.0 Å². The lowest BCUT2D eigenvalue weighted by Gasteiger charge is -2.25. The average Bonchev–Trinajstić information content (AvgIpc) is 3.24. The van der Waals surface area contributed by atoms with Crippen LogP contribution < -0.4 is 15.5 Å². The molecule has 0 aliphatic carbocycles. The largest absolute Gasteiger partial charge is 0.455 e. The van der Waals surface area contributed by atoms with Crippen LogP contribution in [-0.4, -0.2) is 64.6 Å². The molecule has 38 heavy (non-hydrogen) atoms. The van der Waals surface area contributed by atoms with E-state index in [2.05, 4.69) is 10.6 Å². The molecule has 2 atom stereocenters. The fourth-order valence-corrected chi connectivity index (χ4v) is 5.07. The highest BCUT2D eigenvalue weighted by atomic mass is 19.1. The second kappa shape index (κ2) is 11.0. The van der Waals surface area contributed by atoms with Crippen molar-refractivity contribution in [3.8, 4) is 11.3 Å². The maximum Gasteiger partial charge on any atom is 0.407 e. The van der Waals surface area contributed by atoms with E-state index in [-0.39, 0.29) is 30.0 Å². The molecule has 3 aromatic rings. The van der Waals surface area contributed by atoms with E-state index in [4.69, 9.17) is 18.6 Å². The minimum atomic E-state index is -0.460. The summed E-state index contributed by atoms with van der Waals surface area (Å²) >= 11 is 0. The summed E-state index contributed by atoms with van der Waals surface area (Å²) in [5.74, 6) is -0.295. The summed E-state index contributed by atoms with van der Waals surface area (Å²) in [7, 11) is 3.51. The number of anilines is 1. The van der Waals surface area contributed by atoms with Gasteiger partial charge in [-0.25, -0.2) is 9.18 Å². The second-order valence-electron chi connectivity index (χ2n) is 9.68. The molecule has 2 amide bonds. The maximum absolute atomic E-state index is 13.5. The summed E-state index contributed by atoms with van der Waals surface area (Å²) in [6.45, 7) is 3.95. The Kier molecular flexibility index (Phi) is 7.53. The van der Waals surface area contributed by atoms with Crippen molar-refractivity contribution in [2.75, 3.05) is 45.3 Å². The van der Waals surface area contributed by atoms with E-state index < -0.39 is 6.09 Å². The quantitative estimate of drug-likeness (QED) is 0.509. The monoisotopic (exact) mass is 525 g/mol. The zero-order chi connectivity index (χ0) is 26.8. The number of furan rings is 1. The van der Waals surface area contributed by atoms with Gasteiger partial charge in [0.25, 0.3) is 5.91 Å². The van der Waals surface area contributed by atoms with Gasteiger partial charge in [-0.1, -0.05) is 0 Å². The average molecular weight is 526 g/mol. The molecular formula is C28H32FN3O6. The first-order valence-electron chi connectivity index (χ1n) is 12.8. The second-order valence-corrected chi connectivity index (χ2v) is 9.68. The number of hydrogen-bond donors (Lipinski definition) is 2. The molecule has 3 heterocycles. The molecule has 2 aromatic carbocycles. The molecule has 2 aliphatic rings. The fraction of sp³-hybridized carbons (Fsp3) is 0.429. The van der Waals surface area contributed by atoms with Gasteiger partial charge in [0.15, 0.2) is 0 Å². The number of nitrogens with zero attached hydrogens (tertiary/aromatic N) is 1. The van der Waals surface area contributed by atoms with Crippen LogP contribution in [0.15, 0.2) is 40.8 Å². The van der Waals surface area contributed by atoms with E-state index in [1.807, 2.05) is 31.0 Å². The summed E-state index contributed by atoms with van der Waals surface area (Å²) in [5, 5.41) is 6.16. The molecule has 10 heteroatoms. The van der Waals surface area contributed by atoms with Crippen molar-refractivity contribution in [2.45, 2.75) is 38.1 Å². The van der Waals surface area contributed by atoms with Crippen LogP contribution in [0.3, 0.4) is 0 Å². The predicted octanol–water partition coefficient (Wildman–Crippen LogP) is 4.40. The molecule has 0 unspecified atom stereocenters. The number of alkyl carbamates (subject to hydrolysis) is 1. The lowest BCUT2D eigenvalue weighted by atomic mass is 10.00. The number of hydrogen-bond acceptors (Lipinski definition) is 7. The van der Waals surface area contributed by atoms with Gasteiger partial charge >= 0.3 is 6.09 Å². The third-order valence-electron chi connectivity index (χ3n) is 7.04. The van der Waals surface area contributed by atoms with Gasteiger partial charge < -0.3 is 34.2 Å². The number of rotatable bonds is 5. The Morgan fingerprint density at radius 1 is 1.16 bits per heavy atom. The van der Waals surface area contributed by atoms with Crippen molar-refractivity contribution in [1.29, 1.82) is 0 Å². The van der Waals surface area contributed by atoms with E-state index in [9.17, 15) is 14.0 Å². The first-order valence-corrected chi connectivity index (χ1v) is 12.8. The number of carbonyl (C=O) groups is 2. The molecule has 0 saturated carbocycles. The van der Waals surface area contributed by atoms with Gasteiger partial charge in [0, 0.05) is 68.3 Å². The number of halogens is 1. The molecule has 1 fully saturated rings. The standard InChI is InChI=1S/C28H32FN3O6/c1-16-21-12-22-24(38-26(25(22)27(33)30-2)17-4-6-18(29)7-5-17)13-23(21)32(3)15-20(36-16)14-31-28(34)37-19-8-10-35-11-9-19/h4-7,12-13,16,19-20H,8-11,14-15H2,1-3H3,(H,30,33)(H,31,34)/t16-,20+/m0/s1. The van der Waals surface area contributed by atoms with Crippen LogP contribution in [0.1, 0.15) is 41.8 Å². The van der Waals surface area contributed by atoms with Crippen LogP contribution >= 0.6 is 0 Å². The minimum absolute atomic E-state index is 0.130. The highest BCUT2D eigenvalue weighted by Gasteiger charge is 2.30. The lowest BCUT2D eigenvalue weighted by Crippen LogP contribution is -2.41. The Morgan fingerprint density at radius 2 is 1.89 bits per heavy atom. The number of nitrogens with one attached hydrogen (secondary N) is 2. The summed E-state index contributed by atoms with van der Waals surface area (Å²) in [6.07, 6.45) is 0.200. The van der Waals surface area contributed by atoms with Gasteiger partial charge in [-0.15, -0.1) is 0 Å². The third kappa shape index (κ3) is 5.32. The number of benzene rings is 2. The molecular weight excluding hydrogens is 493 g/mol. The first-order chi connectivity index (χ1) is 18.3. The Bertz CT molecular complexity index is 1320. The van der Waals surface area contributed by atoms with Crippen molar-refractivity contribution in [3.63, 3.8) is 0 Å². The summed E-state index contributed by atoms with van der Waals surface area (Å²) in [4.78, 5) is 27.3. The number of likely N-dealkylation sites (N-methyl/N-ethyl adjacent to an activating group) is 1. The maximum atomic E-state index is 13.5. The zero-order valence-corrected chi connectivity index (χ0v) is 21.7. The smallest absolute Gasteiger partial charge is 0.407 e. The van der Waals surface area contributed by atoms with Crippen molar-refractivity contribution >= 4 is 28.7 Å². The Labute approximate surface area is 220 Å². The molecule has 1 saturated heterocycles. The predicted molar refractivity (Wildman–Crippen MR) is 140 cm³/mol. The SMILES string of the molecule is CNC(=O)c1c(-c2ccc(F)cc2)oc2cc3c(cc12)[C@H](C)O[C@H](CNC(=O)OC1CCOCC1)CN3C. The summed E-state index contributed by atoms with van der Waals surface area (Å²) < 4.78 is 36.8. The molecule has 9 nitrogen and oxygen atoms in total. The van der Waals surface area contributed by atoms with Crippen LogP contribution in [0.5, 0.6) is 0 Å². The van der Waals surface area contributed by atoms with Crippen molar-refractivity contribution in [2.24, 2.45) is 0 Å². The van der Waals surface area contributed by atoms with Gasteiger partial charge in [-0.05, 0) is 37.3 Å². The van der Waals surface area contributed by atoms with Crippen LogP contribution in [0.25, 0.3) is 22.3 Å². The van der Waals surface area contributed by atoms with Crippen LogP contribution in [0.4, 0.5) is 14.9 Å². The molecule has 202 valence electrons. The Hall–Kier alpha value is -3.63. The highest BCUT2D eigenvalue weighted by molar-refractivity contribution is 6.11. The molecule has 1 aromatic heterocycles. The molecule has 5 rings (SSSR count). The van der Waals surface area contributed by atoms with E-state index in [1.54, 1.807) is 19.2 Å². The third-order valence-corrected chi connectivity index (χ3v) is 7.04. The molecule has 2 N–H and O–H groups in total. The van der Waals surface area contributed by atoms with Crippen molar-refractivity contribution in [1.82, 2.24) is 10.6 Å². The van der Waals surface area contributed by atoms with Gasteiger partial charge in [0.2, 0.25) is 0 Å². The summed E-state index contributed by atoms with van der Waals surface area (Å²) in [6, 6.07) is 9.67. The fourth-order valence-electron chi connectivity index (χ4n) is 5.07. The van der Waals surface area contributed by atoms with E-state index in [1.165, 1.54) is 12.1 Å². The number of fused-ring (bicyclic) bond motifs is 2. The van der Waals surface area contributed by atoms with Gasteiger partial charge in [-0.3, -0.25) is 4.79 Å². The van der Waals surface area contributed by atoms with Gasteiger partial charge in [0.1, 0.15) is 23.3 Å². The van der Waals surface area contributed by atoms with E-state index >= 15 is 0 Å². The van der Waals surface area contributed by atoms with Crippen molar-refractivity contribution in [3.05, 3.63) is 53.3 Å².